The average molecular weight is 280 g/mol. The fourth-order valence-electron chi connectivity index (χ4n) is 1.55. The summed E-state index contributed by atoms with van der Waals surface area (Å²) in [4.78, 5) is 17.3. The maximum absolute atomic E-state index is 13.2. The Morgan fingerprint density at radius 2 is 2.16 bits per heavy atom. The zero-order valence-corrected chi connectivity index (χ0v) is 11.6. The van der Waals surface area contributed by atoms with E-state index in [2.05, 4.69) is 10.3 Å². The number of anilines is 1. The monoisotopic (exact) mass is 280 g/mol. The number of halogens is 1. The van der Waals surface area contributed by atoms with Gasteiger partial charge in [-0.2, -0.15) is 0 Å². The van der Waals surface area contributed by atoms with Crippen molar-refractivity contribution in [3.8, 4) is 5.75 Å². The fraction of sp³-hybridized carbons (Fsp3) is 0.231. The summed E-state index contributed by atoms with van der Waals surface area (Å²) in [5.41, 5.74) is 1.01. The number of benzene rings is 1. The summed E-state index contributed by atoms with van der Waals surface area (Å²) in [6.45, 7) is 3.79. The number of carbonyl (C=O) groups excluding carboxylic acids is 1. The van der Waals surface area contributed by atoms with Crippen molar-refractivity contribution in [2.75, 3.05) is 12.4 Å². The summed E-state index contributed by atoms with van der Waals surface area (Å²) in [5.74, 6) is -0.605. The third-order valence-electron chi connectivity index (χ3n) is 2.66. The van der Waals surface area contributed by atoms with Gasteiger partial charge in [-0.1, -0.05) is 0 Å². The number of hydrogen-bond acceptors (Lipinski definition) is 4. The van der Waals surface area contributed by atoms with Crippen LogP contribution in [0.25, 0.3) is 0 Å². The number of nitrogens with one attached hydrogen (secondary N) is 1. The summed E-state index contributed by atoms with van der Waals surface area (Å²) in [5, 5.41) is 3.14. The first-order valence-electron chi connectivity index (χ1n) is 5.60. The molecule has 0 saturated heterocycles. The van der Waals surface area contributed by atoms with E-state index in [1.807, 2.05) is 13.8 Å². The zero-order chi connectivity index (χ0) is 14.0. The fourth-order valence-corrected chi connectivity index (χ4v) is 2.36. The molecule has 0 aliphatic rings. The molecular formula is C13H13FN2O2S. The first-order chi connectivity index (χ1) is 9.01. The van der Waals surface area contributed by atoms with E-state index in [0.29, 0.717) is 10.9 Å². The van der Waals surface area contributed by atoms with Gasteiger partial charge in [0.2, 0.25) is 0 Å². The van der Waals surface area contributed by atoms with Crippen molar-refractivity contribution in [2.24, 2.45) is 0 Å². The lowest BCUT2D eigenvalue weighted by Crippen LogP contribution is -2.13. The average Bonchev–Trinajstić information content (AvgIpc) is 2.68. The molecule has 2 aromatic rings. The second kappa shape index (κ2) is 5.36. The predicted molar refractivity (Wildman–Crippen MR) is 72.5 cm³/mol. The molecule has 0 bridgehead atoms. The lowest BCUT2D eigenvalue weighted by Gasteiger charge is -2.07. The third kappa shape index (κ3) is 2.90. The SMILES string of the molecule is COc1ccc(F)cc1C(=O)Nc1nc(C)c(C)s1. The van der Waals surface area contributed by atoms with Gasteiger partial charge < -0.3 is 4.74 Å². The van der Waals surface area contributed by atoms with Gasteiger partial charge in [-0.3, -0.25) is 10.1 Å². The molecule has 19 heavy (non-hydrogen) atoms. The molecule has 1 N–H and O–H groups in total. The van der Waals surface area contributed by atoms with E-state index in [4.69, 9.17) is 4.74 Å². The number of rotatable bonds is 3. The molecule has 0 spiro atoms. The summed E-state index contributed by atoms with van der Waals surface area (Å²) in [6, 6.07) is 3.80. The van der Waals surface area contributed by atoms with Crippen LogP contribution in [-0.4, -0.2) is 18.0 Å². The van der Waals surface area contributed by atoms with Gasteiger partial charge in [-0.15, -0.1) is 11.3 Å². The minimum atomic E-state index is -0.488. The van der Waals surface area contributed by atoms with Crippen molar-refractivity contribution >= 4 is 22.4 Å². The maximum atomic E-state index is 13.2. The van der Waals surface area contributed by atoms with Crippen LogP contribution in [0.3, 0.4) is 0 Å². The van der Waals surface area contributed by atoms with Crippen LogP contribution in [-0.2, 0) is 0 Å². The molecule has 4 nitrogen and oxygen atoms in total. The summed E-state index contributed by atoms with van der Waals surface area (Å²) in [6.07, 6.45) is 0. The lowest BCUT2D eigenvalue weighted by atomic mass is 10.2. The number of hydrogen-bond donors (Lipinski definition) is 1. The van der Waals surface area contributed by atoms with Crippen LogP contribution in [0.2, 0.25) is 0 Å². The van der Waals surface area contributed by atoms with Gasteiger partial charge in [-0.05, 0) is 32.0 Å². The Labute approximate surface area is 114 Å². The van der Waals surface area contributed by atoms with Gasteiger partial charge >= 0.3 is 0 Å². The maximum Gasteiger partial charge on any atom is 0.261 e. The first kappa shape index (κ1) is 13.5. The van der Waals surface area contributed by atoms with Crippen LogP contribution in [0, 0.1) is 19.7 Å². The van der Waals surface area contributed by atoms with Crippen LogP contribution in [0.5, 0.6) is 5.75 Å². The zero-order valence-electron chi connectivity index (χ0n) is 10.8. The number of aromatic nitrogens is 1. The molecule has 0 atom stereocenters. The van der Waals surface area contributed by atoms with E-state index in [0.717, 1.165) is 16.6 Å². The van der Waals surface area contributed by atoms with Crippen LogP contribution >= 0.6 is 11.3 Å². The van der Waals surface area contributed by atoms with E-state index in [-0.39, 0.29) is 5.56 Å². The van der Waals surface area contributed by atoms with Crippen LogP contribution in [0.15, 0.2) is 18.2 Å². The Bertz CT molecular complexity index is 606. The minimum absolute atomic E-state index is 0.146. The number of nitrogens with zero attached hydrogens (tertiary/aromatic N) is 1. The van der Waals surface area contributed by atoms with Crippen LogP contribution in [0.4, 0.5) is 9.52 Å². The second-order valence-corrected chi connectivity index (χ2v) is 5.16. The Morgan fingerprint density at radius 3 is 2.74 bits per heavy atom. The van der Waals surface area contributed by atoms with Crippen molar-refractivity contribution in [1.29, 1.82) is 0 Å². The molecule has 0 aliphatic carbocycles. The van der Waals surface area contributed by atoms with Crippen molar-refractivity contribution in [1.82, 2.24) is 4.98 Å². The molecule has 100 valence electrons. The summed E-state index contributed by atoms with van der Waals surface area (Å²) >= 11 is 1.38. The highest BCUT2D eigenvalue weighted by Gasteiger charge is 2.15. The predicted octanol–water partition coefficient (Wildman–Crippen LogP) is 3.16. The molecular weight excluding hydrogens is 267 g/mol. The van der Waals surface area contributed by atoms with Crippen LogP contribution < -0.4 is 10.1 Å². The van der Waals surface area contributed by atoms with Crippen molar-refractivity contribution < 1.29 is 13.9 Å². The smallest absolute Gasteiger partial charge is 0.261 e. The Kier molecular flexibility index (Phi) is 3.80. The van der Waals surface area contributed by atoms with Gasteiger partial charge in [0.1, 0.15) is 11.6 Å². The third-order valence-corrected chi connectivity index (χ3v) is 3.64. The van der Waals surface area contributed by atoms with E-state index in [1.165, 1.54) is 30.6 Å². The Balaban J connectivity index is 2.27. The number of methoxy groups -OCH3 is 1. The molecule has 0 saturated carbocycles. The molecule has 1 aromatic carbocycles. The van der Waals surface area contributed by atoms with Crippen molar-refractivity contribution in [2.45, 2.75) is 13.8 Å². The Morgan fingerprint density at radius 1 is 1.42 bits per heavy atom. The summed E-state index contributed by atoms with van der Waals surface area (Å²) < 4.78 is 18.2. The molecule has 0 aliphatic heterocycles. The van der Waals surface area contributed by atoms with E-state index >= 15 is 0 Å². The van der Waals surface area contributed by atoms with Crippen LogP contribution in [0.1, 0.15) is 20.9 Å². The minimum Gasteiger partial charge on any atom is -0.496 e. The molecule has 0 unspecified atom stereocenters. The van der Waals surface area contributed by atoms with Crippen molar-refractivity contribution in [3.05, 3.63) is 40.2 Å². The number of carbonyl (C=O) groups is 1. The lowest BCUT2D eigenvalue weighted by molar-refractivity contribution is 0.102. The molecule has 6 heteroatoms. The normalized spacial score (nSPS) is 10.3. The Hall–Kier alpha value is -1.95. The highest BCUT2D eigenvalue weighted by Crippen LogP contribution is 2.24. The number of amides is 1. The summed E-state index contributed by atoms with van der Waals surface area (Å²) in [7, 11) is 1.43. The van der Waals surface area contributed by atoms with Gasteiger partial charge in [-0.25, -0.2) is 9.37 Å². The highest BCUT2D eigenvalue weighted by molar-refractivity contribution is 7.15. The number of thiazole rings is 1. The van der Waals surface area contributed by atoms with Crippen molar-refractivity contribution in [3.63, 3.8) is 0 Å². The van der Waals surface area contributed by atoms with E-state index in [9.17, 15) is 9.18 Å². The first-order valence-corrected chi connectivity index (χ1v) is 6.42. The quantitative estimate of drug-likeness (QED) is 0.939. The number of aryl methyl sites for hydroxylation is 2. The van der Waals surface area contributed by atoms with Gasteiger partial charge in [0, 0.05) is 4.88 Å². The standard InChI is InChI=1S/C13H13FN2O2S/c1-7-8(2)19-13(15-7)16-12(17)10-6-9(14)4-5-11(10)18-3/h4-6H,1-3H3,(H,15,16,17). The highest BCUT2D eigenvalue weighted by atomic mass is 32.1. The molecule has 1 amide bonds. The topological polar surface area (TPSA) is 51.2 Å². The molecule has 1 heterocycles. The molecule has 0 fully saturated rings. The molecule has 1 aromatic heterocycles. The number of ether oxygens (including phenoxy) is 1. The molecule has 2 rings (SSSR count). The van der Waals surface area contributed by atoms with Gasteiger partial charge in [0.05, 0.1) is 18.4 Å². The largest absolute Gasteiger partial charge is 0.496 e. The van der Waals surface area contributed by atoms with Gasteiger partial charge in [0.15, 0.2) is 5.13 Å². The van der Waals surface area contributed by atoms with E-state index in [1.54, 1.807) is 0 Å². The van der Waals surface area contributed by atoms with E-state index < -0.39 is 11.7 Å². The molecule has 0 radical (unpaired) electrons. The van der Waals surface area contributed by atoms with Gasteiger partial charge in [0.25, 0.3) is 5.91 Å². The second-order valence-electron chi connectivity index (χ2n) is 3.96.